The summed E-state index contributed by atoms with van der Waals surface area (Å²) >= 11 is 17.5. The molecule has 2 aromatic carbocycles. The lowest BCUT2D eigenvalue weighted by Gasteiger charge is -2.19. The van der Waals surface area contributed by atoms with Crippen molar-refractivity contribution in [1.82, 2.24) is 0 Å². The standard InChI is InChI=1S/C21H17Cl3F4/c1-3-4-5-13-8-14(7-6-12(13)2)19(25)11-16(21(26,27)28)15-9-17(22)20(24)18(23)10-15/h3,6-11,16H,1,4-5H2,2H3/b19-11-. The van der Waals surface area contributed by atoms with E-state index in [0.717, 1.165) is 23.3 Å². The van der Waals surface area contributed by atoms with E-state index in [0.29, 0.717) is 18.9 Å². The molecule has 0 saturated heterocycles. The maximum Gasteiger partial charge on any atom is 0.399 e. The Morgan fingerprint density at radius 3 is 2.25 bits per heavy atom. The minimum atomic E-state index is -4.74. The highest BCUT2D eigenvalue weighted by Gasteiger charge is 2.40. The normalized spacial score (nSPS) is 13.5. The van der Waals surface area contributed by atoms with Gasteiger partial charge in [-0.2, -0.15) is 13.2 Å². The summed E-state index contributed by atoms with van der Waals surface area (Å²) in [5.41, 5.74) is 1.57. The van der Waals surface area contributed by atoms with Crippen molar-refractivity contribution in [3.63, 3.8) is 0 Å². The highest BCUT2D eigenvalue weighted by Crippen LogP contribution is 2.42. The van der Waals surface area contributed by atoms with Crippen molar-refractivity contribution in [3.8, 4) is 0 Å². The van der Waals surface area contributed by atoms with Gasteiger partial charge in [0.25, 0.3) is 0 Å². The third-order valence-corrected chi connectivity index (χ3v) is 5.47. The number of alkyl halides is 3. The van der Waals surface area contributed by atoms with Crippen molar-refractivity contribution in [2.45, 2.75) is 31.9 Å². The average molecular weight is 452 g/mol. The minimum absolute atomic E-state index is 0.0529. The Morgan fingerprint density at radius 1 is 1.11 bits per heavy atom. The van der Waals surface area contributed by atoms with Crippen LogP contribution in [0.2, 0.25) is 15.1 Å². The molecule has 28 heavy (non-hydrogen) atoms. The van der Waals surface area contributed by atoms with Gasteiger partial charge in [-0.1, -0.05) is 53.0 Å². The average Bonchev–Trinajstić information content (AvgIpc) is 2.62. The fraction of sp³-hybridized carbons (Fsp3) is 0.238. The third kappa shape index (κ3) is 5.53. The molecule has 0 N–H and O–H groups in total. The van der Waals surface area contributed by atoms with Gasteiger partial charge in [0.15, 0.2) is 0 Å². The summed E-state index contributed by atoms with van der Waals surface area (Å²) < 4.78 is 55.6. The number of rotatable bonds is 6. The van der Waals surface area contributed by atoms with E-state index < -0.39 is 17.9 Å². The Kier molecular flexibility index (Phi) is 7.60. The van der Waals surface area contributed by atoms with Crippen molar-refractivity contribution in [2.24, 2.45) is 0 Å². The monoisotopic (exact) mass is 450 g/mol. The quantitative estimate of drug-likeness (QED) is 0.234. The molecule has 0 radical (unpaired) electrons. The molecule has 0 heterocycles. The zero-order valence-electron chi connectivity index (χ0n) is 14.9. The van der Waals surface area contributed by atoms with Crippen LogP contribution in [0.4, 0.5) is 17.6 Å². The molecule has 1 atom stereocenters. The van der Waals surface area contributed by atoms with E-state index in [9.17, 15) is 17.6 Å². The van der Waals surface area contributed by atoms with E-state index in [1.54, 1.807) is 18.2 Å². The highest BCUT2D eigenvalue weighted by atomic mass is 35.5. The molecular formula is C21H17Cl3F4. The number of hydrogen-bond acceptors (Lipinski definition) is 0. The largest absolute Gasteiger partial charge is 0.399 e. The first kappa shape index (κ1) is 22.8. The van der Waals surface area contributed by atoms with Crippen molar-refractivity contribution >= 4 is 40.6 Å². The molecule has 0 fully saturated rings. The molecule has 2 rings (SSSR count). The summed E-state index contributed by atoms with van der Waals surface area (Å²) in [6.07, 6.45) is -1.18. The van der Waals surface area contributed by atoms with E-state index >= 15 is 0 Å². The Morgan fingerprint density at radius 2 is 1.71 bits per heavy atom. The predicted molar refractivity (Wildman–Crippen MR) is 109 cm³/mol. The van der Waals surface area contributed by atoms with Crippen LogP contribution in [-0.4, -0.2) is 6.18 Å². The summed E-state index contributed by atoms with van der Waals surface area (Å²) in [5, 5.41) is -0.314. The Hall–Kier alpha value is -1.49. The van der Waals surface area contributed by atoms with E-state index in [1.165, 1.54) is 6.07 Å². The van der Waals surface area contributed by atoms with Gasteiger partial charge in [-0.3, -0.25) is 0 Å². The molecule has 0 aromatic heterocycles. The van der Waals surface area contributed by atoms with Crippen LogP contribution in [0.1, 0.15) is 34.6 Å². The van der Waals surface area contributed by atoms with Gasteiger partial charge in [-0.05, 0) is 60.7 Å². The van der Waals surface area contributed by atoms with Crippen molar-refractivity contribution in [2.75, 3.05) is 0 Å². The topological polar surface area (TPSA) is 0 Å². The summed E-state index contributed by atoms with van der Waals surface area (Å²) in [6, 6.07) is 6.78. The molecule has 0 aliphatic heterocycles. The van der Waals surface area contributed by atoms with Crippen molar-refractivity contribution in [1.29, 1.82) is 0 Å². The number of halogens is 7. The van der Waals surface area contributed by atoms with Crippen LogP contribution < -0.4 is 0 Å². The lowest BCUT2D eigenvalue weighted by atomic mass is 9.95. The fourth-order valence-electron chi connectivity index (χ4n) is 2.72. The number of hydrogen-bond donors (Lipinski definition) is 0. The van der Waals surface area contributed by atoms with Crippen LogP contribution in [0.25, 0.3) is 5.83 Å². The Bertz CT molecular complexity index is 878. The first-order valence-corrected chi connectivity index (χ1v) is 9.47. The second kappa shape index (κ2) is 9.34. The van der Waals surface area contributed by atoms with Crippen LogP contribution >= 0.6 is 34.8 Å². The van der Waals surface area contributed by atoms with E-state index in [-0.39, 0.29) is 26.2 Å². The fourth-order valence-corrected chi connectivity index (χ4v) is 3.34. The first-order valence-electron chi connectivity index (χ1n) is 8.34. The molecule has 150 valence electrons. The van der Waals surface area contributed by atoms with E-state index in [4.69, 9.17) is 34.8 Å². The maximum atomic E-state index is 14.8. The summed E-state index contributed by atoms with van der Waals surface area (Å²) in [7, 11) is 0. The Balaban J connectivity index is 2.49. The summed E-state index contributed by atoms with van der Waals surface area (Å²) in [6.45, 7) is 5.50. The van der Waals surface area contributed by atoms with Gasteiger partial charge in [-0.25, -0.2) is 4.39 Å². The molecule has 0 aliphatic rings. The van der Waals surface area contributed by atoms with Gasteiger partial charge >= 0.3 is 6.18 Å². The number of aryl methyl sites for hydroxylation is 2. The number of benzene rings is 2. The van der Waals surface area contributed by atoms with Crippen LogP contribution in [0.15, 0.2) is 49.1 Å². The van der Waals surface area contributed by atoms with Gasteiger partial charge in [0.2, 0.25) is 0 Å². The van der Waals surface area contributed by atoms with Crippen LogP contribution in [0.3, 0.4) is 0 Å². The molecule has 1 unspecified atom stereocenters. The summed E-state index contributed by atoms with van der Waals surface area (Å²) in [4.78, 5) is 0. The molecule has 7 heteroatoms. The molecule has 0 nitrogen and oxygen atoms in total. The number of allylic oxidation sites excluding steroid dienone is 2. The van der Waals surface area contributed by atoms with Gasteiger partial charge in [0.05, 0.1) is 15.1 Å². The highest BCUT2D eigenvalue weighted by molar-refractivity contribution is 6.48. The molecule has 0 spiro atoms. The maximum absolute atomic E-state index is 14.8. The van der Waals surface area contributed by atoms with Crippen LogP contribution in [-0.2, 0) is 6.42 Å². The molecule has 0 saturated carbocycles. The SMILES string of the molecule is C=CCCc1cc(/C(F)=C/C(c2cc(Cl)c(Cl)c(Cl)c2)C(F)(F)F)ccc1C. The zero-order chi connectivity index (χ0) is 21.1. The lowest BCUT2D eigenvalue weighted by molar-refractivity contribution is -0.139. The van der Waals surface area contributed by atoms with Gasteiger partial charge in [-0.15, -0.1) is 6.58 Å². The molecular weight excluding hydrogens is 435 g/mol. The molecule has 0 bridgehead atoms. The van der Waals surface area contributed by atoms with Crippen LogP contribution in [0, 0.1) is 6.92 Å². The molecule has 2 aromatic rings. The predicted octanol–water partition coefficient (Wildman–Crippen LogP) is 8.73. The second-order valence-corrected chi connectivity index (χ2v) is 7.49. The third-order valence-electron chi connectivity index (χ3n) is 4.27. The Labute approximate surface area is 176 Å². The van der Waals surface area contributed by atoms with E-state index in [1.807, 2.05) is 6.92 Å². The lowest BCUT2D eigenvalue weighted by Crippen LogP contribution is -2.19. The van der Waals surface area contributed by atoms with Gasteiger partial charge in [0.1, 0.15) is 11.7 Å². The van der Waals surface area contributed by atoms with Gasteiger partial charge < -0.3 is 0 Å². The van der Waals surface area contributed by atoms with E-state index in [2.05, 4.69) is 6.58 Å². The zero-order valence-corrected chi connectivity index (χ0v) is 17.2. The second-order valence-electron chi connectivity index (χ2n) is 6.30. The van der Waals surface area contributed by atoms with Crippen LogP contribution in [0.5, 0.6) is 0 Å². The van der Waals surface area contributed by atoms with Gasteiger partial charge in [0, 0.05) is 5.56 Å². The van der Waals surface area contributed by atoms with Crippen molar-refractivity contribution in [3.05, 3.63) is 86.4 Å². The summed E-state index contributed by atoms with van der Waals surface area (Å²) in [5.74, 6) is -3.21. The first-order chi connectivity index (χ1) is 13.0. The molecule has 0 amide bonds. The smallest absolute Gasteiger partial charge is 0.207 e. The van der Waals surface area contributed by atoms with Crippen molar-refractivity contribution < 1.29 is 17.6 Å². The minimum Gasteiger partial charge on any atom is -0.207 e. The molecule has 0 aliphatic carbocycles.